The fourth-order valence-electron chi connectivity index (χ4n) is 2.29. The second-order valence-electron chi connectivity index (χ2n) is 4.36. The Morgan fingerprint density at radius 3 is 2.50 bits per heavy atom. The highest BCUT2D eigenvalue weighted by Crippen LogP contribution is 2.37. The van der Waals surface area contributed by atoms with Crippen LogP contribution in [-0.2, 0) is 0 Å². The van der Waals surface area contributed by atoms with Gasteiger partial charge < -0.3 is 5.73 Å². The van der Waals surface area contributed by atoms with Gasteiger partial charge in [0.1, 0.15) is 17.5 Å². The fourth-order valence-corrected chi connectivity index (χ4v) is 2.52. The molecule has 0 unspecified atom stereocenters. The summed E-state index contributed by atoms with van der Waals surface area (Å²) in [6.07, 6.45) is 0. The van der Waals surface area contributed by atoms with E-state index in [9.17, 15) is 5.26 Å². The van der Waals surface area contributed by atoms with Crippen LogP contribution in [0.5, 0.6) is 0 Å². The van der Waals surface area contributed by atoms with Crippen LogP contribution < -0.4 is 5.73 Å². The number of anilines is 1. The topological polar surface area (TPSA) is 62.7 Å². The Morgan fingerprint density at radius 1 is 1.05 bits per heavy atom. The van der Waals surface area contributed by atoms with Crippen molar-refractivity contribution >= 4 is 28.3 Å². The van der Waals surface area contributed by atoms with Gasteiger partial charge in [0, 0.05) is 21.5 Å². The van der Waals surface area contributed by atoms with Crippen molar-refractivity contribution in [1.29, 1.82) is 5.26 Å². The van der Waals surface area contributed by atoms with E-state index < -0.39 is 0 Å². The number of benzene rings is 2. The van der Waals surface area contributed by atoms with Crippen LogP contribution in [0.1, 0.15) is 5.56 Å². The number of para-hydroxylation sites is 1. The monoisotopic (exact) mass is 279 g/mol. The predicted octanol–water partition coefficient (Wildman–Crippen LogP) is 4.01. The van der Waals surface area contributed by atoms with Crippen LogP contribution in [0.25, 0.3) is 22.0 Å². The molecule has 3 rings (SSSR count). The Labute approximate surface area is 121 Å². The summed E-state index contributed by atoms with van der Waals surface area (Å²) in [5.41, 5.74) is 8.54. The van der Waals surface area contributed by atoms with Gasteiger partial charge in [-0.05, 0) is 12.1 Å². The minimum absolute atomic E-state index is 0.223. The second kappa shape index (κ2) is 4.84. The van der Waals surface area contributed by atoms with Crippen molar-refractivity contribution in [2.45, 2.75) is 0 Å². The summed E-state index contributed by atoms with van der Waals surface area (Å²) in [7, 11) is 0. The number of aromatic nitrogens is 1. The van der Waals surface area contributed by atoms with Gasteiger partial charge >= 0.3 is 0 Å². The molecule has 2 aromatic carbocycles. The fraction of sp³-hybridized carbons (Fsp3) is 0. The van der Waals surface area contributed by atoms with Crippen molar-refractivity contribution in [1.82, 2.24) is 4.98 Å². The van der Waals surface area contributed by atoms with Crippen LogP contribution in [0.3, 0.4) is 0 Å². The zero-order chi connectivity index (χ0) is 14.1. The first-order chi connectivity index (χ1) is 9.72. The quantitative estimate of drug-likeness (QED) is 0.732. The molecule has 0 fully saturated rings. The molecule has 1 heterocycles. The molecule has 0 saturated heterocycles. The zero-order valence-corrected chi connectivity index (χ0v) is 11.2. The van der Waals surface area contributed by atoms with Crippen LogP contribution in [-0.4, -0.2) is 4.98 Å². The SMILES string of the molecule is N#Cc1c(N)nc2ccccc2c1-c1ccccc1Cl. The van der Waals surface area contributed by atoms with Gasteiger partial charge in [-0.3, -0.25) is 0 Å². The first kappa shape index (κ1) is 12.5. The smallest absolute Gasteiger partial charge is 0.142 e. The van der Waals surface area contributed by atoms with E-state index in [1.165, 1.54) is 0 Å². The van der Waals surface area contributed by atoms with Crippen LogP contribution >= 0.6 is 11.6 Å². The first-order valence-corrected chi connectivity index (χ1v) is 6.43. The maximum absolute atomic E-state index is 9.40. The summed E-state index contributed by atoms with van der Waals surface area (Å²) in [6.45, 7) is 0. The summed E-state index contributed by atoms with van der Waals surface area (Å²) in [6, 6.07) is 17.1. The van der Waals surface area contributed by atoms with Gasteiger partial charge in [-0.25, -0.2) is 4.98 Å². The molecule has 0 aliphatic carbocycles. The molecule has 0 amide bonds. The van der Waals surface area contributed by atoms with E-state index in [0.29, 0.717) is 10.6 Å². The molecular formula is C16H10ClN3. The largest absolute Gasteiger partial charge is 0.383 e. The number of fused-ring (bicyclic) bond motifs is 1. The molecule has 0 saturated carbocycles. The van der Waals surface area contributed by atoms with E-state index in [0.717, 1.165) is 22.0 Å². The Kier molecular flexibility index (Phi) is 3.02. The van der Waals surface area contributed by atoms with Gasteiger partial charge in [0.25, 0.3) is 0 Å². The van der Waals surface area contributed by atoms with E-state index in [2.05, 4.69) is 11.1 Å². The molecule has 96 valence electrons. The third-order valence-electron chi connectivity index (χ3n) is 3.18. The average Bonchev–Trinajstić information content (AvgIpc) is 2.46. The van der Waals surface area contributed by atoms with Crippen LogP contribution in [0.15, 0.2) is 48.5 Å². The molecule has 0 aliphatic heterocycles. The predicted molar refractivity (Wildman–Crippen MR) is 81.3 cm³/mol. The summed E-state index contributed by atoms with van der Waals surface area (Å²) in [4.78, 5) is 4.27. The average molecular weight is 280 g/mol. The maximum Gasteiger partial charge on any atom is 0.142 e. The van der Waals surface area contributed by atoms with Gasteiger partial charge in [-0.15, -0.1) is 0 Å². The Hall–Kier alpha value is -2.57. The lowest BCUT2D eigenvalue weighted by Gasteiger charge is -2.12. The van der Waals surface area contributed by atoms with Crippen LogP contribution in [0, 0.1) is 11.3 Å². The van der Waals surface area contributed by atoms with Crippen molar-refractivity contribution in [3.05, 3.63) is 59.1 Å². The lowest BCUT2D eigenvalue weighted by Crippen LogP contribution is -1.99. The highest BCUT2D eigenvalue weighted by molar-refractivity contribution is 6.33. The van der Waals surface area contributed by atoms with Crippen molar-refractivity contribution in [3.63, 3.8) is 0 Å². The van der Waals surface area contributed by atoms with Crippen molar-refractivity contribution in [2.24, 2.45) is 0 Å². The summed E-state index contributed by atoms with van der Waals surface area (Å²) >= 11 is 6.27. The van der Waals surface area contributed by atoms with Crippen molar-refractivity contribution in [2.75, 3.05) is 5.73 Å². The minimum Gasteiger partial charge on any atom is -0.383 e. The number of nitriles is 1. The molecule has 3 nitrogen and oxygen atoms in total. The normalized spacial score (nSPS) is 10.4. The molecule has 4 heteroatoms. The summed E-state index contributed by atoms with van der Waals surface area (Å²) < 4.78 is 0. The summed E-state index contributed by atoms with van der Waals surface area (Å²) in [5.74, 6) is 0.223. The third-order valence-corrected chi connectivity index (χ3v) is 3.51. The molecule has 0 atom stereocenters. The van der Waals surface area contributed by atoms with Gasteiger partial charge in [0.2, 0.25) is 0 Å². The standard InChI is InChI=1S/C16H10ClN3/c17-13-7-3-1-5-10(13)15-11-6-2-4-8-14(11)20-16(19)12(15)9-18/h1-8H,(H2,19,20). The second-order valence-corrected chi connectivity index (χ2v) is 4.76. The Bertz CT molecular complexity index is 850. The van der Waals surface area contributed by atoms with E-state index in [1.54, 1.807) is 6.07 Å². The van der Waals surface area contributed by atoms with Gasteiger partial charge in [0.05, 0.1) is 5.52 Å². The molecule has 0 bridgehead atoms. The molecule has 0 aliphatic rings. The summed E-state index contributed by atoms with van der Waals surface area (Å²) in [5, 5.41) is 10.8. The van der Waals surface area contributed by atoms with Crippen molar-refractivity contribution in [3.8, 4) is 17.2 Å². The molecule has 0 radical (unpaired) electrons. The first-order valence-electron chi connectivity index (χ1n) is 6.05. The van der Waals surface area contributed by atoms with E-state index >= 15 is 0 Å². The molecule has 2 N–H and O–H groups in total. The number of hydrogen-bond acceptors (Lipinski definition) is 3. The number of rotatable bonds is 1. The van der Waals surface area contributed by atoms with Crippen LogP contribution in [0.2, 0.25) is 5.02 Å². The Morgan fingerprint density at radius 2 is 1.75 bits per heavy atom. The molecule has 3 aromatic rings. The highest BCUT2D eigenvalue weighted by atomic mass is 35.5. The molecule has 1 aromatic heterocycles. The van der Waals surface area contributed by atoms with E-state index in [1.807, 2.05) is 42.5 Å². The number of hydrogen-bond donors (Lipinski definition) is 1. The number of nitrogens with zero attached hydrogens (tertiary/aromatic N) is 2. The third kappa shape index (κ3) is 1.87. The number of pyridine rings is 1. The van der Waals surface area contributed by atoms with Gasteiger partial charge in [0.15, 0.2) is 0 Å². The van der Waals surface area contributed by atoms with E-state index in [-0.39, 0.29) is 5.82 Å². The maximum atomic E-state index is 9.40. The highest BCUT2D eigenvalue weighted by Gasteiger charge is 2.16. The minimum atomic E-state index is 0.223. The molecular weight excluding hydrogens is 270 g/mol. The lowest BCUT2D eigenvalue weighted by molar-refractivity contribution is 1.37. The number of nitrogens with two attached hydrogens (primary N) is 1. The zero-order valence-electron chi connectivity index (χ0n) is 10.5. The Balaban J connectivity index is 2.51. The number of nitrogen functional groups attached to an aromatic ring is 1. The van der Waals surface area contributed by atoms with Gasteiger partial charge in [-0.1, -0.05) is 48.0 Å². The van der Waals surface area contributed by atoms with Gasteiger partial charge in [-0.2, -0.15) is 5.26 Å². The van der Waals surface area contributed by atoms with Crippen LogP contribution in [0.4, 0.5) is 5.82 Å². The number of halogens is 1. The lowest BCUT2D eigenvalue weighted by atomic mass is 9.96. The molecule has 0 spiro atoms. The van der Waals surface area contributed by atoms with E-state index in [4.69, 9.17) is 17.3 Å². The van der Waals surface area contributed by atoms with Crippen molar-refractivity contribution < 1.29 is 0 Å². The molecule has 20 heavy (non-hydrogen) atoms.